The van der Waals surface area contributed by atoms with Gasteiger partial charge in [0.15, 0.2) is 0 Å². The number of amides is 1. The average Bonchev–Trinajstić information content (AvgIpc) is 3.29. The number of fused-ring (bicyclic) bond motifs is 1. The molecule has 4 aromatic rings. The second kappa shape index (κ2) is 11.4. The molecule has 0 radical (unpaired) electrons. The molecule has 1 fully saturated rings. The number of thiophene rings is 1. The van der Waals surface area contributed by atoms with Crippen molar-refractivity contribution in [2.45, 2.75) is 51.2 Å². The molecule has 5 rings (SSSR count). The number of benzene rings is 2. The average molecular weight is 552 g/mol. The number of hydrogen-bond donors (Lipinski definition) is 1. The van der Waals surface area contributed by atoms with Crippen LogP contribution in [0.2, 0.25) is 5.02 Å². The number of carbonyl (C=O) groups is 1. The van der Waals surface area contributed by atoms with E-state index >= 15 is 0 Å². The number of halogens is 2. The fourth-order valence-corrected chi connectivity index (χ4v) is 6.79. The van der Waals surface area contributed by atoms with Crippen LogP contribution in [0.3, 0.4) is 0 Å². The predicted octanol–water partition coefficient (Wildman–Crippen LogP) is 7.25. The van der Waals surface area contributed by atoms with E-state index in [1.54, 1.807) is 19.2 Å². The molecule has 1 aliphatic rings. The minimum absolute atomic E-state index is 0.0348. The van der Waals surface area contributed by atoms with E-state index in [0.29, 0.717) is 33.3 Å². The van der Waals surface area contributed by atoms with Crippen molar-refractivity contribution in [2.75, 3.05) is 14.2 Å². The van der Waals surface area contributed by atoms with E-state index in [4.69, 9.17) is 16.3 Å². The first-order chi connectivity index (χ1) is 18.4. The number of aromatic nitrogens is 1. The van der Waals surface area contributed by atoms with Crippen LogP contribution >= 0.6 is 22.9 Å². The highest BCUT2D eigenvalue weighted by molar-refractivity contribution is 7.21. The summed E-state index contributed by atoms with van der Waals surface area (Å²) in [6, 6.07) is 15.3. The van der Waals surface area contributed by atoms with E-state index in [1.165, 1.54) is 17.4 Å². The van der Waals surface area contributed by atoms with Gasteiger partial charge in [0, 0.05) is 51.7 Å². The molecular weight excluding hydrogens is 521 g/mol. The van der Waals surface area contributed by atoms with Crippen molar-refractivity contribution in [3.8, 4) is 16.9 Å². The van der Waals surface area contributed by atoms with Crippen LogP contribution in [0.5, 0.6) is 5.75 Å². The second-order valence-electron chi connectivity index (χ2n) is 9.80. The summed E-state index contributed by atoms with van der Waals surface area (Å²) in [6.07, 6.45) is 5.56. The van der Waals surface area contributed by atoms with Gasteiger partial charge in [0.1, 0.15) is 16.4 Å². The summed E-state index contributed by atoms with van der Waals surface area (Å²) in [6.45, 7) is 2.32. The molecule has 0 bridgehead atoms. The lowest BCUT2D eigenvalue weighted by molar-refractivity contribution is 0.0604. The van der Waals surface area contributed by atoms with Crippen LogP contribution in [0.25, 0.3) is 21.2 Å². The van der Waals surface area contributed by atoms with E-state index in [1.807, 2.05) is 49.3 Å². The molecular formula is C30H31ClFN3O2S. The number of carbonyl (C=O) groups excluding carboxylic acids is 1. The lowest BCUT2D eigenvalue weighted by Crippen LogP contribution is -2.44. The van der Waals surface area contributed by atoms with Gasteiger partial charge in [-0.3, -0.25) is 9.78 Å². The standard InChI is InChI=1S/C30H31ClFN3O2S/c1-18-7-8-20(16-34-18)19-9-14-25(37-3)21(15-19)17-35(23-12-10-22(33-2)11-13-23)30(36)29-28(31)27-24(32)5-4-6-26(27)38-29/h4-9,14-16,22-23,33H,10-13,17H2,1-3H3. The van der Waals surface area contributed by atoms with Crippen molar-refractivity contribution in [1.82, 2.24) is 15.2 Å². The number of hydrogen-bond acceptors (Lipinski definition) is 5. The van der Waals surface area contributed by atoms with Crippen LogP contribution in [0.15, 0.2) is 54.7 Å². The molecule has 0 atom stereocenters. The summed E-state index contributed by atoms with van der Waals surface area (Å²) in [4.78, 5) is 20.9. The van der Waals surface area contributed by atoms with Crippen molar-refractivity contribution in [3.05, 3.63) is 81.7 Å². The van der Waals surface area contributed by atoms with Crippen LogP contribution in [0.1, 0.15) is 46.6 Å². The Morgan fingerprint density at radius 2 is 1.92 bits per heavy atom. The Labute approximate surface area is 231 Å². The molecule has 0 saturated heterocycles. The Hall–Kier alpha value is -3.00. The maximum Gasteiger partial charge on any atom is 0.266 e. The smallest absolute Gasteiger partial charge is 0.266 e. The molecule has 1 amide bonds. The Morgan fingerprint density at radius 3 is 2.58 bits per heavy atom. The van der Waals surface area contributed by atoms with Crippen molar-refractivity contribution in [1.29, 1.82) is 0 Å². The number of pyridine rings is 1. The zero-order valence-electron chi connectivity index (χ0n) is 21.8. The molecule has 0 unspecified atom stereocenters. The maximum absolute atomic E-state index is 14.6. The van der Waals surface area contributed by atoms with E-state index in [-0.39, 0.29) is 17.0 Å². The van der Waals surface area contributed by atoms with Crippen molar-refractivity contribution in [3.63, 3.8) is 0 Å². The molecule has 38 heavy (non-hydrogen) atoms. The predicted molar refractivity (Wildman–Crippen MR) is 153 cm³/mol. The van der Waals surface area contributed by atoms with Gasteiger partial charge in [0.25, 0.3) is 5.91 Å². The van der Waals surface area contributed by atoms with Gasteiger partial charge in [-0.05, 0) is 75.5 Å². The van der Waals surface area contributed by atoms with Crippen molar-refractivity contribution in [2.24, 2.45) is 0 Å². The Kier molecular flexibility index (Phi) is 7.98. The zero-order valence-corrected chi connectivity index (χ0v) is 23.3. The van der Waals surface area contributed by atoms with Gasteiger partial charge >= 0.3 is 0 Å². The van der Waals surface area contributed by atoms with Crippen molar-refractivity contribution < 1.29 is 13.9 Å². The van der Waals surface area contributed by atoms with Crippen LogP contribution in [0, 0.1) is 12.7 Å². The number of nitrogens with one attached hydrogen (secondary N) is 1. The monoisotopic (exact) mass is 551 g/mol. The third-order valence-corrected chi connectivity index (χ3v) is 9.11. The lowest BCUT2D eigenvalue weighted by Gasteiger charge is -2.37. The third kappa shape index (κ3) is 5.28. The van der Waals surface area contributed by atoms with Crippen LogP contribution in [-0.2, 0) is 6.54 Å². The van der Waals surface area contributed by atoms with Gasteiger partial charge in [-0.2, -0.15) is 0 Å². The summed E-state index contributed by atoms with van der Waals surface area (Å²) in [7, 11) is 3.62. The minimum Gasteiger partial charge on any atom is -0.496 e. The highest BCUT2D eigenvalue weighted by Gasteiger charge is 2.32. The molecule has 2 aromatic heterocycles. The van der Waals surface area contributed by atoms with Gasteiger partial charge in [-0.15, -0.1) is 11.3 Å². The van der Waals surface area contributed by atoms with Gasteiger partial charge in [-0.1, -0.05) is 29.8 Å². The Balaban J connectivity index is 1.54. The van der Waals surface area contributed by atoms with Gasteiger partial charge in [0.2, 0.25) is 0 Å². The molecule has 0 spiro atoms. The molecule has 8 heteroatoms. The van der Waals surface area contributed by atoms with Gasteiger partial charge in [0.05, 0.1) is 12.1 Å². The molecule has 2 heterocycles. The Bertz CT molecular complexity index is 1450. The first-order valence-corrected chi connectivity index (χ1v) is 14.0. The number of aryl methyl sites for hydroxylation is 1. The van der Waals surface area contributed by atoms with Crippen LogP contribution in [-0.4, -0.2) is 42.0 Å². The normalized spacial score (nSPS) is 17.5. The summed E-state index contributed by atoms with van der Waals surface area (Å²) < 4.78 is 21.0. The van der Waals surface area contributed by atoms with Crippen LogP contribution in [0.4, 0.5) is 4.39 Å². The summed E-state index contributed by atoms with van der Waals surface area (Å²) in [5.41, 5.74) is 3.85. The molecule has 1 saturated carbocycles. The molecule has 2 aromatic carbocycles. The summed E-state index contributed by atoms with van der Waals surface area (Å²) in [5.74, 6) is 0.127. The second-order valence-corrected chi connectivity index (χ2v) is 11.2. The molecule has 5 nitrogen and oxygen atoms in total. The van der Waals surface area contributed by atoms with E-state index in [9.17, 15) is 9.18 Å². The third-order valence-electron chi connectivity index (χ3n) is 7.47. The summed E-state index contributed by atoms with van der Waals surface area (Å²) in [5, 5.41) is 3.87. The molecule has 0 aliphatic heterocycles. The highest BCUT2D eigenvalue weighted by Crippen LogP contribution is 2.39. The number of methoxy groups -OCH3 is 1. The number of rotatable bonds is 7. The van der Waals surface area contributed by atoms with Gasteiger partial charge < -0.3 is 15.0 Å². The molecule has 1 aliphatic carbocycles. The van der Waals surface area contributed by atoms with E-state index in [0.717, 1.165) is 48.1 Å². The van der Waals surface area contributed by atoms with Crippen molar-refractivity contribution >= 4 is 38.9 Å². The lowest BCUT2D eigenvalue weighted by atomic mass is 9.89. The largest absolute Gasteiger partial charge is 0.496 e. The zero-order chi connectivity index (χ0) is 26.8. The SMILES string of the molecule is CNC1CCC(N(Cc2cc(-c3ccc(C)nc3)ccc2OC)C(=O)c2sc3cccc(F)c3c2Cl)CC1. The molecule has 198 valence electrons. The fourth-order valence-electron chi connectivity index (χ4n) is 5.29. The van der Waals surface area contributed by atoms with Gasteiger partial charge in [-0.25, -0.2) is 4.39 Å². The van der Waals surface area contributed by atoms with Crippen LogP contribution < -0.4 is 10.1 Å². The first kappa shape index (κ1) is 26.6. The highest BCUT2D eigenvalue weighted by atomic mass is 35.5. The van der Waals surface area contributed by atoms with E-state index < -0.39 is 5.82 Å². The molecule has 1 N–H and O–H groups in total. The number of ether oxygens (including phenoxy) is 1. The maximum atomic E-state index is 14.6. The Morgan fingerprint density at radius 1 is 1.16 bits per heavy atom. The topological polar surface area (TPSA) is 54.5 Å². The first-order valence-electron chi connectivity index (χ1n) is 12.8. The van der Waals surface area contributed by atoms with E-state index in [2.05, 4.69) is 16.4 Å². The summed E-state index contributed by atoms with van der Waals surface area (Å²) >= 11 is 7.90. The number of nitrogens with zero attached hydrogens (tertiary/aromatic N) is 2. The fraction of sp³-hybridized carbons (Fsp3) is 0.333. The minimum atomic E-state index is -0.412. The quantitative estimate of drug-likeness (QED) is 0.263.